The molecule has 0 aliphatic carbocycles. The first-order chi connectivity index (χ1) is 10.1. The highest BCUT2D eigenvalue weighted by Gasteiger charge is 2.17. The summed E-state index contributed by atoms with van der Waals surface area (Å²) in [5, 5.41) is 17.3. The molecule has 1 heterocycles. The first-order valence-corrected chi connectivity index (χ1v) is 5.98. The lowest BCUT2D eigenvalue weighted by Gasteiger charge is -2.07. The van der Waals surface area contributed by atoms with Crippen LogP contribution in [0.4, 0.5) is 11.4 Å². The lowest BCUT2D eigenvalue weighted by molar-refractivity contribution is -0.384. The largest absolute Gasteiger partial charge is 0.465 e. The summed E-state index contributed by atoms with van der Waals surface area (Å²) in [6, 6.07) is 3.96. The van der Waals surface area contributed by atoms with Crippen LogP contribution in [0.5, 0.6) is 0 Å². The van der Waals surface area contributed by atoms with Crippen molar-refractivity contribution in [2.24, 2.45) is 0 Å². The zero-order valence-corrected chi connectivity index (χ0v) is 11.1. The number of anilines is 1. The summed E-state index contributed by atoms with van der Waals surface area (Å²) in [5.74, 6) is -0.154. The van der Waals surface area contributed by atoms with Gasteiger partial charge < -0.3 is 14.6 Å². The second kappa shape index (κ2) is 6.46. The van der Waals surface area contributed by atoms with Gasteiger partial charge in [0.1, 0.15) is 5.69 Å². The van der Waals surface area contributed by atoms with Crippen molar-refractivity contribution in [1.82, 2.24) is 10.1 Å². The molecule has 0 fully saturated rings. The van der Waals surface area contributed by atoms with E-state index in [0.29, 0.717) is 18.9 Å². The molecule has 0 bridgehead atoms. The molecule has 1 aromatic heterocycles. The van der Waals surface area contributed by atoms with Crippen molar-refractivity contribution in [3.63, 3.8) is 0 Å². The van der Waals surface area contributed by atoms with Crippen molar-refractivity contribution in [1.29, 1.82) is 0 Å². The van der Waals surface area contributed by atoms with Gasteiger partial charge in [-0.15, -0.1) is 0 Å². The fraction of sp³-hybridized carbons (Fsp3) is 0.250. The monoisotopic (exact) mass is 292 g/mol. The number of nitro benzene ring substituents is 1. The molecule has 21 heavy (non-hydrogen) atoms. The average molecular weight is 292 g/mol. The third kappa shape index (κ3) is 3.53. The molecule has 0 unspecified atom stereocenters. The number of nitrogens with one attached hydrogen (secondary N) is 1. The minimum atomic E-state index is -0.565. The molecular formula is C12H12N4O5. The molecule has 2 aromatic rings. The van der Waals surface area contributed by atoms with E-state index in [1.54, 1.807) is 0 Å². The third-order valence-corrected chi connectivity index (χ3v) is 2.68. The molecule has 9 nitrogen and oxygen atoms in total. The van der Waals surface area contributed by atoms with E-state index in [1.165, 1.54) is 31.6 Å². The van der Waals surface area contributed by atoms with Crippen LogP contribution in [0.2, 0.25) is 0 Å². The lowest BCUT2D eigenvalue weighted by atomic mass is 10.1. The minimum Gasteiger partial charge on any atom is -0.465 e. The summed E-state index contributed by atoms with van der Waals surface area (Å²) >= 11 is 0. The average Bonchev–Trinajstić information content (AvgIpc) is 2.99. The Balaban J connectivity index is 2.14. The normalized spacial score (nSPS) is 10.1. The molecule has 110 valence electrons. The summed E-state index contributed by atoms with van der Waals surface area (Å²) in [7, 11) is 1.24. The van der Waals surface area contributed by atoms with Crippen LogP contribution < -0.4 is 5.32 Å². The number of nitro groups is 1. The van der Waals surface area contributed by atoms with Crippen LogP contribution in [-0.2, 0) is 11.2 Å². The fourth-order valence-electron chi connectivity index (χ4n) is 1.69. The number of methoxy groups -OCH3 is 1. The molecular weight excluding hydrogens is 280 g/mol. The van der Waals surface area contributed by atoms with Gasteiger partial charge in [0.15, 0.2) is 6.33 Å². The molecule has 0 saturated heterocycles. The molecule has 0 atom stereocenters. The smallest absolute Gasteiger partial charge is 0.337 e. The number of benzene rings is 1. The van der Waals surface area contributed by atoms with Gasteiger partial charge in [-0.25, -0.2) is 4.79 Å². The molecule has 0 aliphatic heterocycles. The Hall–Kier alpha value is -2.97. The number of rotatable bonds is 6. The number of ether oxygens (including phenoxy) is 1. The van der Waals surface area contributed by atoms with Crippen LogP contribution in [0, 0.1) is 10.1 Å². The Labute approximate surface area is 119 Å². The van der Waals surface area contributed by atoms with Crippen LogP contribution in [-0.4, -0.2) is 34.7 Å². The summed E-state index contributed by atoms with van der Waals surface area (Å²) in [4.78, 5) is 25.7. The number of nitrogens with zero attached hydrogens (tertiary/aromatic N) is 3. The van der Waals surface area contributed by atoms with Gasteiger partial charge in [-0.2, -0.15) is 4.98 Å². The fourth-order valence-corrected chi connectivity index (χ4v) is 1.69. The lowest BCUT2D eigenvalue weighted by Crippen LogP contribution is -2.09. The summed E-state index contributed by atoms with van der Waals surface area (Å²) in [6.07, 6.45) is 1.68. The predicted octanol–water partition coefficient (Wildman–Crippen LogP) is 1.42. The molecule has 0 aliphatic rings. The highest BCUT2D eigenvalue weighted by Crippen LogP contribution is 2.25. The minimum absolute atomic E-state index is 0.131. The maximum atomic E-state index is 11.5. The number of aromatic nitrogens is 2. The summed E-state index contributed by atoms with van der Waals surface area (Å²) in [6.45, 7) is 0.341. The van der Waals surface area contributed by atoms with Crippen LogP contribution in [0.25, 0.3) is 0 Å². The van der Waals surface area contributed by atoms with Crippen molar-refractivity contribution in [3.05, 3.63) is 46.1 Å². The molecule has 2 rings (SSSR count). The van der Waals surface area contributed by atoms with E-state index in [4.69, 9.17) is 4.52 Å². The topological polar surface area (TPSA) is 120 Å². The number of hydrogen-bond donors (Lipinski definition) is 1. The van der Waals surface area contributed by atoms with Crippen molar-refractivity contribution < 1.29 is 19.0 Å². The van der Waals surface area contributed by atoms with Crippen molar-refractivity contribution in [3.8, 4) is 0 Å². The van der Waals surface area contributed by atoms with E-state index in [1.807, 2.05) is 0 Å². The molecule has 0 saturated carbocycles. The highest BCUT2D eigenvalue weighted by molar-refractivity contribution is 5.91. The zero-order valence-electron chi connectivity index (χ0n) is 11.1. The second-order valence-corrected chi connectivity index (χ2v) is 3.99. The Bertz CT molecular complexity index is 641. The van der Waals surface area contributed by atoms with Crippen LogP contribution >= 0.6 is 0 Å². The third-order valence-electron chi connectivity index (χ3n) is 2.68. The SMILES string of the molecule is COC(=O)c1ccc([N+](=O)[O-])c(NCCc2ncno2)c1. The van der Waals surface area contributed by atoms with Gasteiger partial charge in [0.25, 0.3) is 5.69 Å². The Morgan fingerprint density at radius 3 is 2.95 bits per heavy atom. The van der Waals surface area contributed by atoms with Gasteiger partial charge in [0.2, 0.25) is 5.89 Å². The standard InChI is InChI=1S/C12H12N4O5/c1-20-12(17)8-2-3-10(16(18)19)9(6-8)13-5-4-11-14-7-15-21-11/h2-3,6-7,13H,4-5H2,1H3. The van der Waals surface area contributed by atoms with Gasteiger partial charge in [-0.3, -0.25) is 10.1 Å². The van der Waals surface area contributed by atoms with E-state index >= 15 is 0 Å². The van der Waals surface area contributed by atoms with Crippen molar-refractivity contribution >= 4 is 17.3 Å². The Kier molecular flexibility index (Phi) is 4.44. The van der Waals surface area contributed by atoms with Crippen LogP contribution in [0.3, 0.4) is 0 Å². The number of carbonyl (C=O) groups excluding carboxylic acids is 1. The number of hydrogen-bond acceptors (Lipinski definition) is 8. The highest BCUT2D eigenvalue weighted by atomic mass is 16.6. The van der Waals surface area contributed by atoms with Crippen molar-refractivity contribution in [2.45, 2.75) is 6.42 Å². The maximum absolute atomic E-state index is 11.5. The first kappa shape index (κ1) is 14.4. The molecule has 0 amide bonds. The van der Waals surface area contributed by atoms with E-state index in [-0.39, 0.29) is 16.9 Å². The van der Waals surface area contributed by atoms with E-state index < -0.39 is 10.9 Å². The van der Waals surface area contributed by atoms with Crippen molar-refractivity contribution in [2.75, 3.05) is 19.0 Å². The van der Waals surface area contributed by atoms with Crippen LogP contribution in [0.1, 0.15) is 16.2 Å². The molecule has 1 N–H and O–H groups in total. The summed E-state index contributed by atoms with van der Waals surface area (Å²) in [5.41, 5.74) is 0.319. The molecule has 0 spiro atoms. The Morgan fingerprint density at radius 2 is 2.33 bits per heavy atom. The summed E-state index contributed by atoms with van der Waals surface area (Å²) < 4.78 is 9.40. The van der Waals surface area contributed by atoms with Gasteiger partial charge >= 0.3 is 5.97 Å². The zero-order chi connectivity index (χ0) is 15.2. The second-order valence-electron chi connectivity index (χ2n) is 3.99. The van der Waals surface area contributed by atoms with Crippen LogP contribution in [0.15, 0.2) is 29.0 Å². The van der Waals surface area contributed by atoms with Gasteiger partial charge in [0.05, 0.1) is 17.6 Å². The van der Waals surface area contributed by atoms with Gasteiger partial charge in [-0.05, 0) is 12.1 Å². The number of carbonyl (C=O) groups is 1. The number of esters is 1. The molecule has 1 aromatic carbocycles. The van der Waals surface area contributed by atoms with Gasteiger partial charge in [0, 0.05) is 19.0 Å². The van der Waals surface area contributed by atoms with E-state index in [0.717, 1.165) is 0 Å². The molecule has 9 heteroatoms. The van der Waals surface area contributed by atoms with Gasteiger partial charge in [-0.1, -0.05) is 5.16 Å². The maximum Gasteiger partial charge on any atom is 0.337 e. The molecule has 0 radical (unpaired) electrons. The van der Waals surface area contributed by atoms with E-state index in [2.05, 4.69) is 20.2 Å². The van der Waals surface area contributed by atoms with E-state index in [9.17, 15) is 14.9 Å². The quantitative estimate of drug-likeness (QED) is 0.482. The Morgan fingerprint density at radius 1 is 1.52 bits per heavy atom. The first-order valence-electron chi connectivity index (χ1n) is 5.98. The predicted molar refractivity (Wildman–Crippen MR) is 70.9 cm³/mol.